The maximum atomic E-state index is 12.5. The van der Waals surface area contributed by atoms with Crippen LogP contribution in [0.1, 0.15) is 28.5 Å². The van der Waals surface area contributed by atoms with Gasteiger partial charge >= 0.3 is 0 Å². The Balaban J connectivity index is 1.42. The minimum atomic E-state index is -0.288. The van der Waals surface area contributed by atoms with E-state index in [1.807, 2.05) is 32.2 Å². The molecule has 0 saturated carbocycles. The van der Waals surface area contributed by atoms with Crippen LogP contribution in [-0.2, 0) is 6.54 Å². The van der Waals surface area contributed by atoms with E-state index in [0.29, 0.717) is 28.6 Å². The van der Waals surface area contributed by atoms with E-state index in [-0.39, 0.29) is 17.6 Å². The van der Waals surface area contributed by atoms with E-state index in [4.69, 9.17) is 21.3 Å². The van der Waals surface area contributed by atoms with Gasteiger partial charge in [0.1, 0.15) is 11.8 Å². The lowest BCUT2D eigenvalue weighted by Crippen LogP contribution is -2.36. The molecule has 8 nitrogen and oxygen atoms in total. The lowest BCUT2D eigenvalue weighted by Gasteiger charge is -2.13. The average molecular weight is 435 g/mol. The third-order valence-corrected chi connectivity index (χ3v) is 5.35. The van der Waals surface area contributed by atoms with Gasteiger partial charge in [-0.1, -0.05) is 17.7 Å². The van der Waals surface area contributed by atoms with Gasteiger partial charge in [0.15, 0.2) is 11.5 Å². The van der Waals surface area contributed by atoms with Gasteiger partial charge in [0, 0.05) is 23.9 Å². The van der Waals surface area contributed by atoms with Crippen molar-refractivity contribution in [3.8, 4) is 28.8 Å². The van der Waals surface area contributed by atoms with Crippen molar-refractivity contribution < 1.29 is 9.21 Å². The van der Waals surface area contributed by atoms with Gasteiger partial charge < -0.3 is 9.73 Å². The topological polar surface area (TPSA) is 113 Å². The molecule has 2 N–H and O–H groups in total. The normalized spacial score (nSPS) is 11.8. The molecule has 1 unspecified atom stereocenters. The first-order chi connectivity index (χ1) is 15.0. The summed E-state index contributed by atoms with van der Waals surface area (Å²) in [5.41, 5.74) is 3.77. The summed E-state index contributed by atoms with van der Waals surface area (Å²) in [6.07, 6.45) is 3.40. The van der Waals surface area contributed by atoms with Crippen molar-refractivity contribution >= 4 is 17.5 Å². The van der Waals surface area contributed by atoms with Gasteiger partial charge in [0.2, 0.25) is 0 Å². The number of nitrogens with one attached hydrogen (secondary N) is 2. The number of hydrogen-bond donors (Lipinski definition) is 2. The fourth-order valence-electron chi connectivity index (χ4n) is 3.28. The molecule has 1 atom stereocenters. The Labute approximate surface area is 183 Å². The van der Waals surface area contributed by atoms with Crippen molar-refractivity contribution in [3.63, 3.8) is 0 Å². The SMILES string of the molecule is Cc1c(-c2ccn(CC(C)NC(=O)c3cc(-c4ccco4)[nH]n3)n2)ccc(C#N)c1Cl. The van der Waals surface area contributed by atoms with Gasteiger partial charge in [0.25, 0.3) is 5.91 Å². The highest BCUT2D eigenvalue weighted by molar-refractivity contribution is 6.32. The van der Waals surface area contributed by atoms with Gasteiger partial charge in [-0.25, -0.2) is 0 Å². The predicted molar refractivity (Wildman–Crippen MR) is 115 cm³/mol. The zero-order valence-corrected chi connectivity index (χ0v) is 17.6. The van der Waals surface area contributed by atoms with Gasteiger partial charge in [-0.2, -0.15) is 15.5 Å². The first kappa shape index (κ1) is 20.4. The Hall–Kier alpha value is -3.83. The third-order valence-electron chi connectivity index (χ3n) is 4.86. The van der Waals surface area contributed by atoms with Crippen molar-refractivity contribution in [2.45, 2.75) is 26.4 Å². The number of amides is 1. The van der Waals surface area contributed by atoms with Crippen molar-refractivity contribution in [1.82, 2.24) is 25.3 Å². The molecule has 0 saturated heterocycles. The summed E-state index contributed by atoms with van der Waals surface area (Å²) >= 11 is 6.27. The summed E-state index contributed by atoms with van der Waals surface area (Å²) in [5, 5.41) is 23.9. The fourth-order valence-corrected chi connectivity index (χ4v) is 3.48. The molecule has 4 rings (SSSR count). The molecule has 31 heavy (non-hydrogen) atoms. The maximum Gasteiger partial charge on any atom is 0.272 e. The van der Waals surface area contributed by atoms with E-state index in [2.05, 4.69) is 26.7 Å². The second-order valence-corrected chi connectivity index (χ2v) is 7.53. The van der Waals surface area contributed by atoms with Crippen LogP contribution in [0, 0.1) is 18.3 Å². The molecule has 0 bridgehead atoms. The lowest BCUT2D eigenvalue weighted by molar-refractivity contribution is 0.0931. The van der Waals surface area contributed by atoms with Crippen LogP contribution in [0.25, 0.3) is 22.7 Å². The summed E-state index contributed by atoms with van der Waals surface area (Å²) in [7, 11) is 0. The number of rotatable bonds is 6. The second kappa shape index (κ2) is 8.50. The molecule has 0 aliphatic rings. The number of halogens is 1. The monoisotopic (exact) mass is 434 g/mol. The summed E-state index contributed by atoms with van der Waals surface area (Å²) in [5.74, 6) is 0.325. The molecule has 0 radical (unpaired) electrons. The van der Waals surface area contributed by atoms with Crippen LogP contribution in [-0.4, -0.2) is 31.9 Å². The molecule has 1 aromatic carbocycles. The number of aromatic nitrogens is 4. The Morgan fingerprint density at radius 3 is 2.97 bits per heavy atom. The van der Waals surface area contributed by atoms with Crippen LogP contribution in [0.2, 0.25) is 5.02 Å². The van der Waals surface area contributed by atoms with Crippen molar-refractivity contribution in [2.24, 2.45) is 0 Å². The number of hydrogen-bond acceptors (Lipinski definition) is 5. The highest BCUT2D eigenvalue weighted by Gasteiger charge is 2.16. The summed E-state index contributed by atoms with van der Waals surface area (Å²) in [4.78, 5) is 12.5. The first-order valence-electron chi connectivity index (χ1n) is 9.59. The van der Waals surface area contributed by atoms with Gasteiger partial charge in [0.05, 0.1) is 29.1 Å². The summed E-state index contributed by atoms with van der Waals surface area (Å²) < 4.78 is 7.06. The maximum absolute atomic E-state index is 12.5. The number of aromatic amines is 1. The number of nitriles is 1. The Bertz CT molecular complexity index is 1270. The Morgan fingerprint density at radius 1 is 1.39 bits per heavy atom. The number of benzene rings is 1. The van der Waals surface area contributed by atoms with E-state index in [0.717, 1.165) is 16.8 Å². The van der Waals surface area contributed by atoms with Crippen LogP contribution in [0.15, 0.2) is 53.3 Å². The zero-order chi connectivity index (χ0) is 22.0. The van der Waals surface area contributed by atoms with Crippen molar-refractivity contribution in [3.05, 3.63) is 70.7 Å². The minimum Gasteiger partial charge on any atom is -0.463 e. The van der Waals surface area contributed by atoms with Gasteiger partial charge in [-0.3, -0.25) is 14.6 Å². The molecule has 9 heteroatoms. The largest absolute Gasteiger partial charge is 0.463 e. The van der Waals surface area contributed by atoms with Crippen LogP contribution in [0.3, 0.4) is 0 Å². The summed E-state index contributed by atoms with van der Waals surface area (Å²) in [6.45, 7) is 4.23. The van der Waals surface area contributed by atoms with E-state index >= 15 is 0 Å². The third kappa shape index (κ3) is 4.22. The van der Waals surface area contributed by atoms with Crippen LogP contribution < -0.4 is 5.32 Å². The molecule has 3 heterocycles. The van der Waals surface area contributed by atoms with Crippen molar-refractivity contribution in [2.75, 3.05) is 0 Å². The molecule has 1 amide bonds. The molecular weight excluding hydrogens is 416 g/mol. The second-order valence-electron chi connectivity index (χ2n) is 7.15. The van der Waals surface area contributed by atoms with Crippen LogP contribution in [0.5, 0.6) is 0 Å². The number of nitrogens with zero attached hydrogens (tertiary/aromatic N) is 4. The fraction of sp³-hybridized carbons (Fsp3) is 0.182. The Kier molecular flexibility index (Phi) is 5.60. The quantitative estimate of drug-likeness (QED) is 0.472. The van der Waals surface area contributed by atoms with E-state index in [1.54, 1.807) is 35.2 Å². The van der Waals surface area contributed by atoms with E-state index < -0.39 is 0 Å². The lowest BCUT2D eigenvalue weighted by atomic mass is 10.0. The number of carbonyl (C=O) groups is 1. The molecule has 0 aliphatic heterocycles. The molecule has 0 fully saturated rings. The van der Waals surface area contributed by atoms with Gasteiger partial charge in [-0.05, 0) is 43.7 Å². The molecular formula is C22H19ClN6O2. The molecule has 0 spiro atoms. The first-order valence-corrected chi connectivity index (χ1v) is 9.97. The standard InChI is InChI=1S/C22H19ClN6O2/c1-13(25-22(30)19-10-18(26-27-19)20-4-3-9-31-20)12-29-8-7-17(28-29)16-6-5-15(11-24)21(23)14(16)2/h3-10,13H,12H2,1-2H3,(H,25,30)(H,26,27). The smallest absolute Gasteiger partial charge is 0.272 e. The highest BCUT2D eigenvalue weighted by Crippen LogP contribution is 2.30. The predicted octanol–water partition coefficient (Wildman–Crippen LogP) is 4.19. The van der Waals surface area contributed by atoms with E-state index in [9.17, 15) is 4.79 Å². The van der Waals surface area contributed by atoms with Gasteiger partial charge in [-0.15, -0.1) is 0 Å². The average Bonchev–Trinajstić information content (AvgIpc) is 3.51. The molecule has 0 aliphatic carbocycles. The summed E-state index contributed by atoms with van der Waals surface area (Å²) in [6, 6.07) is 12.5. The molecule has 156 valence electrons. The zero-order valence-electron chi connectivity index (χ0n) is 16.9. The van der Waals surface area contributed by atoms with Crippen LogP contribution in [0.4, 0.5) is 0 Å². The molecule has 4 aromatic rings. The van der Waals surface area contributed by atoms with E-state index in [1.165, 1.54) is 0 Å². The highest BCUT2D eigenvalue weighted by atomic mass is 35.5. The molecule has 3 aromatic heterocycles. The number of H-pyrrole nitrogens is 1. The Morgan fingerprint density at radius 2 is 2.23 bits per heavy atom. The minimum absolute atomic E-state index is 0.185. The van der Waals surface area contributed by atoms with Crippen molar-refractivity contribution in [1.29, 1.82) is 5.26 Å². The number of carbonyl (C=O) groups excluding carboxylic acids is 1. The van der Waals surface area contributed by atoms with Crippen LogP contribution >= 0.6 is 11.6 Å². The number of furan rings is 1.